The predicted molar refractivity (Wildman–Crippen MR) is 172 cm³/mol. The Kier molecular flexibility index (Phi) is 9.16. The molecule has 2 fully saturated rings. The van der Waals surface area contributed by atoms with Crippen molar-refractivity contribution in [3.05, 3.63) is 96.8 Å². The lowest BCUT2D eigenvalue weighted by Crippen LogP contribution is -2.52. The fraction of sp³-hybridized carbons (Fsp3) is 0.394. The molecule has 1 saturated heterocycles. The van der Waals surface area contributed by atoms with Crippen LogP contribution in [0.5, 0.6) is 5.75 Å². The second-order valence-electron chi connectivity index (χ2n) is 12.0. The first-order valence-electron chi connectivity index (χ1n) is 15.2. The highest BCUT2D eigenvalue weighted by atomic mass is 35.5. The van der Waals surface area contributed by atoms with E-state index in [1.54, 1.807) is 30.3 Å². The van der Waals surface area contributed by atoms with Gasteiger partial charge >= 0.3 is 5.97 Å². The molecule has 1 amide bonds. The number of methoxy groups -OCH3 is 2. The van der Waals surface area contributed by atoms with E-state index in [0.717, 1.165) is 26.0 Å². The van der Waals surface area contributed by atoms with E-state index in [1.165, 1.54) is 19.2 Å². The zero-order valence-electron chi connectivity index (χ0n) is 25.6. The number of esters is 1. The Balaban J connectivity index is 1.54. The number of carbonyl (C=O) groups excluding carboxylic acids is 2. The Morgan fingerprint density at radius 3 is 2.64 bits per heavy atom. The smallest absolute Gasteiger partial charge is 0.341 e. The molecule has 2 heterocycles. The highest BCUT2D eigenvalue weighted by molar-refractivity contribution is 6.31. The van der Waals surface area contributed by atoms with Gasteiger partial charge in [-0.15, -0.1) is 0 Å². The van der Waals surface area contributed by atoms with Crippen molar-refractivity contribution in [3.63, 3.8) is 0 Å². The van der Waals surface area contributed by atoms with Gasteiger partial charge in [0.25, 0.3) is 5.69 Å². The zero-order chi connectivity index (χ0) is 33.6. The van der Waals surface area contributed by atoms with Gasteiger partial charge in [-0.05, 0) is 55.0 Å². The lowest BCUT2D eigenvalue weighted by Gasteiger charge is -2.40. The summed E-state index contributed by atoms with van der Waals surface area (Å²) in [7, 11) is 2.49. The number of carbonyl (C=O) groups is 2. The van der Waals surface area contributed by atoms with Gasteiger partial charge in [0.05, 0.1) is 24.2 Å². The Hall–Kier alpha value is -3.81. The van der Waals surface area contributed by atoms with Crippen molar-refractivity contribution >= 4 is 46.5 Å². The number of hydrogen-bond acceptors (Lipinski definition) is 9. The first kappa shape index (κ1) is 33.1. The Morgan fingerprint density at radius 1 is 1.21 bits per heavy atom. The summed E-state index contributed by atoms with van der Waals surface area (Å²) < 4.78 is 26.4. The first-order chi connectivity index (χ1) is 22.6. The third-order valence-corrected chi connectivity index (χ3v) is 10.0. The van der Waals surface area contributed by atoms with Crippen LogP contribution in [-0.4, -0.2) is 66.3 Å². The number of ether oxygens (including phenoxy) is 2. The SMILES string of the molecule is COC(=O)c1cc([N+](=O)[O-])c(CN[C@@H]2[C@H](CCO)N(CC3CC3)[C@@]3(C(=O)Nc4cc(Cl)ccc43)[C@H]2c2cccc(Cl)c2F)cc1OC. The number of benzene rings is 3. The number of amides is 1. The van der Waals surface area contributed by atoms with Crippen LogP contribution < -0.4 is 15.4 Å². The normalized spacial score (nSPS) is 23.5. The largest absolute Gasteiger partial charge is 0.496 e. The summed E-state index contributed by atoms with van der Waals surface area (Å²) in [6.45, 7) is 0.141. The minimum Gasteiger partial charge on any atom is -0.496 e. The molecule has 3 aromatic rings. The van der Waals surface area contributed by atoms with Gasteiger partial charge in [-0.2, -0.15) is 0 Å². The molecule has 14 heteroatoms. The van der Waals surface area contributed by atoms with Crippen molar-refractivity contribution in [2.24, 2.45) is 5.92 Å². The van der Waals surface area contributed by atoms with Crippen LogP contribution in [0.3, 0.4) is 0 Å². The van der Waals surface area contributed by atoms with E-state index in [9.17, 15) is 24.8 Å². The number of nitrogens with one attached hydrogen (secondary N) is 2. The number of nitrogens with zero attached hydrogens (tertiary/aromatic N) is 2. The molecular weight excluding hydrogens is 654 g/mol. The average Bonchev–Trinajstić information content (AvgIpc) is 3.78. The molecule has 248 valence electrons. The number of likely N-dealkylation sites (tertiary alicyclic amines) is 1. The van der Waals surface area contributed by atoms with Crippen molar-refractivity contribution in [3.8, 4) is 5.75 Å². The van der Waals surface area contributed by atoms with Gasteiger partial charge in [-0.1, -0.05) is 41.4 Å². The number of nitro groups is 1. The van der Waals surface area contributed by atoms with Gasteiger partial charge in [-0.3, -0.25) is 19.8 Å². The van der Waals surface area contributed by atoms with Crippen molar-refractivity contribution in [1.29, 1.82) is 0 Å². The van der Waals surface area contributed by atoms with Gasteiger partial charge in [0.15, 0.2) is 0 Å². The second-order valence-corrected chi connectivity index (χ2v) is 12.9. The quantitative estimate of drug-likeness (QED) is 0.137. The monoisotopic (exact) mass is 686 g/mol. The fourth-order valence-corrected chi connectivity index (χ4v) is 7.70. The first-order valence-corrected chi connectivity index (χ1v) is 15.9. The van der Waals surface area contributed by atoms with Crippen molar-refractivity contribution < 1.29 is 33.5 Å². The summed E-state index contributed by atoms with van der Waals surface area (Å²) in [5.74, 6) is -2.41. The average molecular weight is 688 g/mol. The lowest BCUT2D eigenvalue weighted by atomic mass is 9.73. The van der Waals surface area contributed by atoms with E-state index in [0.29, 0.717) is 22.8 Å². The molecule has 1 spiro atoms. The minimum atomic E-state index is -1.44. The van der Waals surface area contributed by atoms with Crippen LogP contribution in [0.2, 0.25) is 10.0 Å². The molecule has 0 unspecified atom stereocenters. The van der Waals surface area contributed by atoms with Crippen LogP contribution in [0.1, 0.15) is 52.2 Å². The summed E-state index contributed by atoms with van der Waals surface area (Å²) >= 11 is 12.7. The van der Waals surface area contributed by atoms with E-state index in [4.69, 9.17) is 32.7 Å². The molecule has 1 aliphatic carbocycles. The summed E-state index contributed by atoms with van der Waals surface area (Å²) in [6, 6.07) is 11.0. The molecule has 4 atom stereocenters. The molecule has 0 aromatic heterocycles. The molecule has 11 nitrogen and oxygen atoms in total. The predicted octanol–water partition coefficient (Wildman–Crippen LogP) is 5.40. The lowest BCUT2D eigenvalue weighted by molar-refractivity contribution is -0.385. The van der Waals surface area contributed by atoms with E-state index in [-0.39, 0.29) is 64.5 Å². The van der Waals surface area contributed by atoms with E-state index >= 15 is 4.39 Å². The molecule has 3 N–H and O–H groups in total. The Labute approximate surface area is 280 Å². The van der Waals surface area contributed by atoms with Crippen LogP contribution in [0.15, 0.2) is 48.5 Å². The second kappa shape index (κ2) is 13.0. The van der Waals surface area contributed by atoms with Crippen LogP contribution in [0.4, 0.5) is 15.8 Å². The van der Waals surface area contributed by atoms with Gasteiger partial charge in [-0.25, -0.2) is 9.18 Å². The molecule has 2 aliphatic heterocycles. The Bertz CT molecular complexity index is 1760. The van der Waals surface area contributed by atoms with Crippen LogP contribution in [0.25, 0.3) is 0 Å². The maximum atomic E-state index is 16.2. The number of halogens is 3. The number of aliphatic hydroxyl groups excluding tert-OH is 1. The summed E-state index contributed by atoms with van der Waals surface area (Å²) in [5, 5.41) is 29.3. The molecule has 0 bridgehead atoms. The number of fused-ring (bicyclic) bond motifs is 2. The molecule has 3 aromatic carbocycles. The van der Waals surface area contributed by atoms with E-state index in [1.807, 2.05) is 0 Å². The van der Waals surface area contributed by atoms with Gasteiger partial charge in [0.1, 0.15) is 22.7 Å². The Morgan fingerprint density at radius 2 is 1.98 bits per heavy atom. The number of rotatable bonds is 11. The highest BCUT2D eigenvalue weighted by Crippen LogP contribution is 2.59. The van der Waals surface area contributed by atoms with Crippen LogP contribution in [-0.2, 0) is 21.6 Å². The molecular formula is C33H33Cl2FN4O7. The van der Waals surface area contributed by atoms with Crippen LogP contribution in [0, 0.1) is 21.8 Å². The topological polar surface area (TPSA) is 143 Å². The maximum absolute atomic E-state index is 16.2. The summed E-state index contributed by atoms with van der Waals surface area (Å²) in [5.41, 5.74) is -0.436. The highest BCUT2D eigenvalue weighted by Gasteiger charge is 2.67. The minimum absolute atomic E-state index is 0.0721. The fourth-order valence-electron chi connectivity index (χ4n) is 7.35. The molecule has 47 heavy (non-hydrogen) atoms. The molecule has 6 rings (SSSR count). The number of anilines is 1. The van der Waals surface area contributed by atoms with Gasteiger partial charge < -0.3 is 25.2 Å². The van der Waals surface area contributed by atoms with Crippen molar-refractivity contribution in [2.45, 2.75) is 49.3 Å². The van der Waals surface area contributed by atoms with Gasteiger partial charge in [0, 0.05) is 65.6 Å². The van der Waals surface area contributed by atoms with Crippen molar-refractivity contribution in [2.75, 3.05) is 32.7 Å². The molecule has 1 saturated carbocycles. The zero-order valence-corrected chi connectivity index (χ0v) is 27.1. The molecule has 3 aliphatic rings. The molecule has 0 radical (unpaired) electrons. The van der Waals surface area contributed by atoms with E-state index in [2.05, 4.69) is 15.5 Å². The standard InChI is InChI=1S/C33H33Cl2FN4O7/c1-46-27-12-18(26(40(44)45)14-21(27)31(42)47-2)15-37-30-25(10-11-41)39(16-17-6-7-17)33(28(30)20-4-3-5-23(35)29(20)36)22-9-8-19(34)13-24(22)38-32(33)43/h3-5,8-9,12-14,17,25,28,30,37,41H,6-7,10-11,15-16H2,1-2H3,(H,38,43)/t25-,28-,30+,33+/m0/s1. The third kappa shape index (κ3) is 5.61. The number of hydrogen-bond donors (Lipinski definition) is 3. The van der Waals surface area contributed by atoms with E-state index < -0.39 is 40.3 Å². The maximum Gasteiger partial charge on any atom is 0.341 e. The summed E-state index contributed by atoms with van der Waals surface area (Å²) in [4.78, 5) is 40.6. The number of nitro benzene ring substituents is 1. The van der Waals surface area contributed by atoms with Crippen LogP contribution >= 0.6 is 23.2 Å². The van der Waals surface area contributed by atoms with Gasteiger partial charge in [0.2, 0.25) is 5.91 Å². The van der Waals surface area contributed by atoms with Crippen molar-refractivity contribution in [1.82, 2.24) is 10.2 Å². The number of aliphatic hydroxyl groups is 1. The summed E-state index contributed by atoms with van der Waals surface area (Å²) in [6.07, 6.45) is 2.13. The third-order valence-electron chi connectivity index (χ3n) is 9.49.